The van der Waals surface area contributed by atoms with Gasteiger partial charge in [-0.25, -0.2) is 0 Å². The van der Waals surface area contributed by atoms with Crippen LogP contribution in [0.3, 0.4) is 0 Å². The van der Waals surface area contributed by atoms with Gasteiger partial charge < -0.3 is 19.6 Å². The maximum atomic E-state index is 12.5. The number of benzene rings is 3. The number of aliphatic hydroxyl groups is 1. The van der Waals surface area contributed by atoms with Crippen molar-refractivity contribution in [1.29, 1.82) is 0 Å². The number of amides is 1. The van der Waals surface area contributed by atoms with Crippen molar-refractivity contribution < 1.29 is 19.5 Å². The van der Waals surface area contributed by atoms with Gasteiger partial charge in [0, 0.05) is 10.9 Å². The number of nitrogens with zero attached hydrogens (tertiary/aromatic N) is 1. The molecule has 1 aliphatic heterocycles. The van der Waals surface area contributed by atoms with Gasteiger partial charge in [-0.2, -0.15) is 0 Å². The van der Waals surface area contributed by atoms with Gasteiger partial charge in [0.25, 0.3) is 5.91 Å². The highest BCUT2D eigenvalue weighted by Gasteiger charge is 2.26. The topological polar surface area (TPSA) is 54.2 Å². The molecule has 1 saturated heterocycles. The second-order valence-corrected chi connectivity index (χ2v) is 7.55. The van der Waals surface area contributed by atoms with E-state index in [0.717, 1.165) is 35.2 Å². The molecule has 0 spiro atoms. The molecule has 1 heterocycles. The normalized spacial score (nSPS) is 16.0. The van der Waals surface area contributed by atoms with E-state index in [1.165, 1.54) is 4.90 Å². The summed E-state index contributed by atoms with van der Waals surface area (Å²) in [5.41, 5.74) is 0.736. The highest BCUT2D eigenvalue weighted by Crippen LogP contribution is 2.25. The zero-order valence-electron chi connectivity index (χ0n) is 16.5. The molecule has 1 aliphatic rings. The lowest BCUT2D eigenvalue weighted by Gasteiger charge is -2.33. The van der Waals surface area contributed by atoms with Gasteiger partial charge in [-0.1, -0.05) is 54.6 Å². The summed E-state index contributed by atoms with van der Waals surface area (Å²) in [7, 11) is 0. The third-order valence-corrected chi connectivity index (χ3v) is 5.48. The lowest BCUT2D eigenvalue weighted by Crippen LogP contribution is -3.16. The van der Waals surface area contributed by atoms with E-state index >= 15 is 0 Å². The average molecular weight is 391 g/mol. The van der Waals surface area contributed by atoms with Crippen molar-refractivity contribution >= 4 is 16.7 Å². The van der Waals surface area contributed by atoms with Gasteiger partial charge in [-0.05, 0) is 23.6 Å². The van der Waals surface area contributed by atoms with Crippen molar-refractivity contribution in [2.45, 2.75) is 6.10 Å². The molecule has 0 bridgehead atoms. The molecule has 29 heavy (non-hydrogen) atoms. The third kappa shape index (κ3) is 4.75. The number of ether oxygens (including phenoxy) is 1. The summed E-state index contributed by atoms with van der Waals surface area (Å²) in [5.74, 6) is 0.889. The minimum Gasteiger partial charge on any atom is -0.490 e. The number of piperazine rings is 1. The molecule has 3 aromatic rings. The van der Waals surface area contributed by atoms with E-state index in [2.05, 4.69) is 12.1 Å². The van der Waals surface area contributed by atoms with Crippen LogP contribution >= 0.6 is 0 Å². The number of carbonyl (C=O) groups is 1. The Hall–Kier alpha value is -2.89. The van der Waals surface area contributed by atoms with Gasteiger partial charge in [0.2, 0.25) is 0 Å². The van der Waals surface area contributed by atoms with Gasteiger partial charge in [-0.15, -0.1) is 0 Å². The Morgan fingerprint density at radius 1 is 0.966 bits per heavy atom. The van der Waals surface area contributed by atoms with Gasteiger partial charge in [-0.3, -0.25) is 4.79 Å². The number of hydrogen-bond donors (Lipinski definition) is 2. The molecule has 1 fully saturated rings. The van der Waals surface area contributed by atoms with Gasteiger partial charge >= 0.3 is 0 Å². The quantitative estimate of drug-likeness (QED) is 0.672. The first kappa shape index (κ1) is 19.4. The lowest BCUT2D eigenvalue weighted by atomic mass is 10.1. The molecule has 150 valence electrons. The minimum absolute atomic E-state index is 0.0875. The number of hydrogen-bond acceptors (Lipinski definition) is 3. The number of carbonyl (C=O) groups excluding carboxylic acids is 1. The summed E-state index contributed by atoms with van der Waals surface area (Å²) >= 11 is 0. The van der Waals surface area contributed by atoms with Gasteiger partial charge in [0.05, 0.1) is 26.2 Å². The predicted octanol–water partition coefficient (Wildman–Crippen LogP) is 1.62. The van der Waals surface area contributed by atoms with Crippen molar-refractivity contribution in [3.8, 4) is 5.75 Å². The molecule has 4 rings (SSSR count). The summed E-state index contributed by atoms with van der Waals surface area (Å²) in [4.78, 5) is 15.7. The number of quaternary nitrogens is 1. The Balaban J connectivity index is 1.26. The van der Waals surface area contributed by atoms with E-state index < -0.39 is 6.10 Å². The SMILES string of the molecule is O=C(c1ccccc1)N1CC[NH+](C[C@H](O)COc2cccc3ccccc23)CC1. The van der Waals surface area contributed by atoms with E-state index in [4.69, 9.17) is 4.74 Å². The molecule has 0 aliphatic carbocycles. The van der Waals surface area contributed by atoms with Crippen LogP contribution in [-0.4, -0.2) is 61.3 Å². The molecule has 0 unspecified atom stereocenters. The van der Waals surface area contributed by atoms with Crippen LogP contribution in [-0.2, 0) is 0 Å². The monoisotopic (exact) mass is 391 g/mol. The lowest BCUT2D eigenvalue weighted by molar-refractivity contribution is -0.907. The first-order valence-corrected chi connectivity index (χ1v) is 10.2. The van der Waals surface area contributed by atoms with E-state index in [1.807, 2.05) is 65.6 Å². The molecule has 3 aromatic carbocycles. The summed E-state index contributed by atoms with van der Waals surface area (Å²) < 4.78 is 5.91. The Labute approximate surface area is 171 Å². The van der Waals surface area contributed by atoms with Crippen LogP contribution < -0.4 is 9.64 Å². The molecular formula is C24H27N2O3+. The number of nitrogens with one attached hydrogen (secondary N) is 1. The second kappa shape index (κ2) is 9.07. The van der Waals surface area contributed by atoms with Crippen LogP contribution in [0, 0.1) is 0 Å². The molecule has 0 aromatic heterocycles. The van der Waals surface area contributed by atoms with Gasteiger partial charge in [0.1, 0.15) is 25.0 Å². The smallest absolute Gasteiger partial charge is 0.254 e. The number of aliphatic hydroxyl groups excluding tert-OH is 1. The molecule has 1 atom stereocenters. The van der Waals surface area contributed by atoms with Crippen LogP contribution in [0.25, 0.3) is 10.8 Å². The maximum Gasteiger partial charge on any atom is 0.254 e. The van der Waals surface area contributed by atoms with Crippen LogP contribution in [0.15, 0.2) is 72.8 Å². The molecule has 5 nitrogen and oxygen atoms in total. The number of rotatable bonds is 6. The molecule has 0 saturated carbocycles. The second-order valence-electron chi connectivity index (χ2n) is 7.55. The first-order chi connectivity index (χ1) is 14.2. The standard InChI is InChI=1S/C24H26N2O3/c27-21(18-29-23-12-6-10-19-7-4-5-11-22(19)23)17-25-13-15-26(16-14-25)24(28)20-8-2-1-3-9-20/h1-12,21,27H,13-18H2/p+1/t21-/m0/s1. The highest BCUT2D eigenvalue weighted by atomic mass is 16.5. The average Bonchev–Trinajstić information content (AvgIpc) is 2.78. The Kier molecular flexibility index (Phi) is 6.08. The fraction of sp³-hybridized carbons (Fsp3) is 0.292. The van der Waals surface area contributed by atoms with Gasteiger partial charge in [0.15, 0.2) is 0 Å². The van der Waals surface area contributed by atoms with Crippen LogP contribution in [0.5, 0.6) is 5.75 Å². The zero-order chi connectivity index (χ0) is 20.1. The molecule has 2 N–H and O–H groups in total. The number of fused-ring (bicyclic) bond motifs is 1. The zero-order valence-corrected chi connectivity index (χ0v) is 16.5. The molecule has 0 radical (unpaired) electrons. The fourth-order valence-corrected chi connectivity index (χ4v) is 3.89. The largest absolute Gasteiger partial charge is 0.490 e. The van der Waals surface area contributed by atoms with Crippen molar-refractivity contribution in [2.75, 3.05) is 39.3 Å². The highest BCUT2D eigenvalue weighted by molar-refractivity contribution is 5.94. The van der Waals surface area contributed by atoms with Crippen molar-refractivity contribution in [2.24, 2.45) is 0 Å². The Morgan fingerprint density at radius 2 is 1.66 bits per heavy atom. The molecule has 1 amide bonds. The molecule has 5 heteroatoms. The van der Waals surface area contributed by atoms with Crippen molar-refractivity contribution in [3.05, 3.63) is 78.4 Å². The molecular weight excluding hydrogens is 364 g/mol. The fourth-order valence-electron chi connectivity index (χ4n) is 3.89. The van der Waals surface area contributed by atoms with E-state index in [0.29, 0.717) is 19.6 Å². The summed E-state index contributed by atoms with van der Waals surface area (Å²) in [6, 6.07) is 23.5. The predicted molar refractivity (Wildman–Crippen MR) is 113 cm³/mol. The minimum atomic E-state index is -0.541. The van der Waals surface area contributed by atoms with Crippen molar-refractivity contribution in [3.63, 3.8) is 0 Å². The van der Waals surface area contributed by atoms with E-state index in [-0.39, 0.29) is 12.5 Å². The van der Waals surface area contributed by atoms with Crippen molar-refractivity contribution in [1.82, 2.24) is 4.90 Å². The Bertz CT molecular complexity index is 947. The van der Waals surface area contributed by atoms with Crippen LogP contribution in [0.4, 0.5) is 0 Å². The Morgan fingerprint density at radius 3 is 2.45 bits per heavy atom. The summed E-state index contributed by atoms with van der Waals surface area (Å²) in [6.07, 6.45) is -0.541. The summed E-state index contributed by atoms with van der Waals surface area (Å²) in [6.45, 7) is 3.98. The van der Waals surface area contributed by atoms with E-state index in [9.17, 15) is 9.90 Å². The maximum absolute atomic E-state index is 12.5. The summed E-state index contributed by atoms with van der Waals surface area (Å²) in [5, 5.41) is 12.6. The van der Waals surface area contributed by atoms with E-state index in [1.54, 1.807) is 0 Å². The first-order valence-electron chi connectivity index (χ1n) is 10.2. The third-order valence-electron chi connectivity index (χ3n) is 5.48. The van der Waals surface area contributed by atoms with Crippen LogP contribution in [0.1, 0.15) is 10.4 Å². The van der Waals surface area contributed by atoms with Crippen LogP contribution in [0.2, 0.25) is 0 Å².